The Morgan fingerprint density at radius 1 is 1.41 bits per heavy atom. The van der Waals surface area contributed by atoms with E-state index in [2.05, 4.69) is 4.98 Å². The molecule has 0 saturated carbocycles. The third-order valence-electron chi connectivity index (χ3n) is 2.72. The van der Waals surface area contributed by atoms with Crippen molar-refractivity contribution in [2.75, 3.05) is 6.61 Å². The zero-order valence-corrected chi connectivity index (χ0v) is 12.9. The minimum Gasteiger partial charge on any atom is -0.504 e. The molecule has 1 atom stereocenters. The molecular formula is C15H16NO5P. The normalized spacial score (nSPS) is 12.7. The molecule has 0 amide bonds. The minimum absolute atomic E-state index is 0.0265. The number of hydrogen-bond donors (Lipinski definition) is 2. The standard InChI is InChI=1S/C15H16NO5P/c1-2-20-15-9-11(5-6-13(15)17)8-14(21-22(18)19)12-4-3-7-16-10-12/h3-10,17,22H,2H2,1H3,(H,18,19). The number of aromatic nitrogens is 1. The van der Waals surface area contributed by atoms with Crippen molar-refractivity contribution in [1.29, 1.82) is 0 Å². The number of pyridine rings is 1. The number of aromatic hydroxyl groups is 1. The van der Waals surface area contributed by atoms with Crippen LogP contribution in [0.15, 0.2) is 42.7 Å². The van der Waals surface area contributed by atoms with Crippen LogP contribution in [0.2, 0.25) is 0 Å². The summed E-state index contributed by atoms with van der Waals surface area (Å²) in [5.41, 5.74) is 1.23. The van der Waals surface area contributed by atoms with Gasteiger partial charge in [0.25, 0.3) is 0 Å². The summed E-state index contributed by atoms with van der Waals surface area (Å²) in [7, 11) is -3.15. The van der Waals surface area contributed by atoms with Crippen LogP contribution >= 0.6 is 8.25 Å². The van der Waals surface area contributed by atoms with Gasteiger partial charge in [-0.3, -0.25) is 4.98 Å². The van der Waals surface area contributed by atoms with Gasteiger partial charge in [-0.05, 0) is 42.8 Å². The average Bonchev–Trinajstić information content (AvgIpc) is 2.50. The van der Waals surface area contributed by atoms with E-state index in [-0.39, 0.29) is 11.5 Å². The Balaban J connectivity index is 2.41. The van der Waals surface area contributed by atoms with Gasteiger partial charge in [0.2, 0.25) is 0 Å². The molecule has 0 radical (unpaired) electrons. The number of benzene rings is 1. The molecule has 1 heterocycles. The van der Waals surface area contributed by atoms with Gasteiger partial charge in [-0.15, -0.1) is 0 Å². The molecule has 22 heavy (non-hydrogen) atoms. The molecule has 2 aromatic rings. The maximum absolute atomic E-state index is 11.0. The molecule has 1 aromatic heterocycles. The number of phenols is 1. The molecule has 1 aromatic carbocycles. The molecule has 2 rings (SSSR count). The van der Waals surface area contributed by atoms with E-state index in [9.17, 15) is 9.67 Å². The SMILES string of the molecule is CCOc1cc(C=C(O[PH](=O)O)c2cccnc2)ccc1O. The van der Waals surface area contributed by atoms with Crippen molar-refractivity contribution in [1.82, 2.24) is 4.98 Å². The van der Waals surface area contributed by atoms with Crippen molar-refractivity contribution < 1.29 is 23.8 Å². The first-order valence-corrected chi connectivity index (χ1v) is 7.85. The smallest absolute Gasteiger partial charge is 0.365 e. The molecule has 0 aliphatic carbocycles. The first kappa shape index (κ1) is 16.1. The molecule has 0 fully saturated rings. The Hall–Kier alpha value is -2.30. The van der Waals surface area contributed by atoms with Gasteiger partial charge in [0.05, 0.1) is 6.61 Å². The summed E-state index contributed by atoms with van der Waals surface area (Å²) in [6, 6.07) is 8.16. The van der Waals surface area contributed by atoms with Crippen LogP contribution in [0.1, 0.15) is 18.1 Å². The molecule has 7 heteroatoms. The molecule has 2 N–H and O–H groups in total. The highest BCUT2D eigenvalue weighted by Gasteiger charge is 2.08. The van der Waals surface area contributed by atoms with Gasteiger partial charge < -0.3 is 19.3 Å². The number of hydrogen-bond acceptors (Lipinski definition) is 5. The average molecular weight is 321 g/mol. The topological polar surface area (TPSA) is 88.9 Å². The summed E-state index contributed by atoms with van der Waals surface area (Å²) < 4.78 is 21.3. The second-order valence-corrected chi connectivity index (χ2v) is 5.01. The highest BCUT2D eigenvalue weighted by molar-refractivity contribution is 7.32. The third-order valence-corrected chi connectivity index (χ3v) is 3.12. The largest absolute Gasteiger partial charge is 0.504 e. The molecule has 0 spiro atoms. The monoisotopic (exact) mass is 321 g/mol. The zero-order chi connectivity index (χ0) is 15.9. The van der Waals surface area contributed by atoms with Crippen LogP contribution in [-0.2, 0) is 9.09 Å². The van der Waals surface area contributed by atoms with E-state index in [0.717, 1.165) is 0 Å². The van der Waals surface area contributed by atoms with E-state index in [4.69, 9.17) is 14.2 Å². The summed E-state index contributed by atoms with van der Waals surface area (Å²) in [5.74, 6) is 0.574. The molecule has 0 aliphatic heterocycles. The van der Waals surface area contributed by atoms with Crippen molar-refractivity contribution >= 4 is 20.1 Å². The lowest BCUT2D eigenvalue weighted by Crippen LogP contribution is -1.92. The predicted octanol–water partition coefficient (Wildman–Crippen LogP) is 3.08. The van der Waals surface area contributed by atoms with Gasteiger partial charge in [0.15, 0.2) is 11.5 Å². The van der Waals surface area contributed by atoms with E-state index in [1.54, 1.807) is 36.5 Å². The van der Waals surface area contributed by atoms with Crippen LogP contribution in [0.3, 0.4) is 0 Å². The highest BCUT2D eigenvalue weighted by atomic mass is 31.1. The molecule has 1 unspecified atom stereocenters. The lowest BCUT2D eigenvalue weighted by Gasteiger charge is -2.09. The van der Waals surface area contributed by atoms with Crippen LogP contribution in [0.5, 0.6) is 11.5 Å². The summed E-state index contributed by atoms with van der Waals surface area (Å²) in [4.78, 5) is 13.0. The molecule has 0 aliphatic rings. The number of nitrogens with zero attached hydrogens (tertiary/aromatic N) is 1. The molecule has 0 saturated heterocycles. The second kappa shape index (κ2) is 7.64. The van der Waals surface area contributed by atoms with Gasteiger partial charge in [-0.2, -0.15) is 0 Å². The molecule has 0 bridgehead atoms. The molecule has 116 valence electrons. The summed E-state index contributed by atoms with van der Waals surface area (Å²) in [6.45, 7) is 2.22. The van der Waals surface area contributed by atoms with Crippen LogP contribution in [0.25, 0.3) is 11.8 Å². The number of phenolic OH excluding ortho intramolecular Hbond substituents is 1. The molecule has 6 nitrogen and oxygen atoms in total. The van der Waals surface area contributed by atoms with Crippen LogP contribution in [0.4, 0.5) is 0 Å². The van der Waals surface area contributed by atoms with E-state index < -0.39 is 8.25 Å². The highest BCUT2D eigenvalue weighted by Crippen LogP contribution is 2.32. The first-order valence-electron chi connectivity index (χ1n) is 6.59. The van der Waals surface area contributed by atoms with E-state index in [1.165, 1.54) is 12.3 Å². The zero-order valence-electron chi connectivity index (χ0n) is 11.9. The Morgan fingerprint density at radius 3 is 2.86 bits per heavy atom. The van der Waals surface area contributed by atoms with Gasteiger partial charge >= 0.3 is 8.25 Å². The van der Waals surface area contributed by atoms with Crippen molar-refractivity contribution in [2.45, 2.75) is 6.92 Å². The van der Waals surface area contributed by atoms with E-state index in [0.29, 0.717) is 23.5 Å². The Morgan fingerprint density at radius 2 is 2.23 bits per heavy atom. The van der Waals surface area contributed by atoms with E-state index in [1.807, 2.05) is 6.92 Å². The predicted molar refractivity (Wildman–Crippen MR) is 83.7 cm³/mol. The third kappa shape index (κ3) is 4.35. The Labute approximate surface area is 128 Å². The first-order chi connectivity index (χ1) is 10.6. The quantitative estimate of drug-likeness (QED) is 0.628. The number of rotatable bonds is 6. The maximum atomic E-state index is 11.0. The lowest BCUT2D eigenvalue weighted by molar-refractivity contribution is 0.318. The fourth-order valence-corrected chi connectivity index (χ4v) is 2.18. The lowest BCUT2D eigenvalue weighted by atomic mass is 10.1. The summed E-state index contributed by atoms with van der Waals surface area (Å²) >= 11 is 0. The van der Waals surface area contributed by atoms with Crippen LogP contribution in [0, 0.1) is 0 Å². The molecular weight excluding hydrogens is 305 g/mol. The van der Waals surface area contributed by atoms with Gasteiger partial charge in [-0.25, -0.2) is 4.57 Å². The summed E-state index contributed by atoms with van der Waals surface area (Å²) in [5, 5.41) is 9.69. The fraction of sp³-hybridized carbons (Fsp3) is 0.133. The van der Waals surface area contributed by atoms with Crippen LogP contribution in [-0.4, -0.2) is 21.6 Å². The van der Waals surface area contributed by atoms with Crippen molar-refractivity contribution in [2.24, 2.45) is 0 Å². The summed E-state index contributed by atoms with van der Waals surface area (Å²) in [6.07, 6.45) is 4.70. The van der Waals surface area contributed by atoms with Gasteiger partial charge in [0, 0.05) is 18.0 Å². The van der Waals surface area contributed by atoms with E-state index >= 15 is 0 Å². The van der Waals surface area contributed by atoms with Gasteiger partial charge in [0.1, 0.15) is 5.76 Å². The Bertz CT molecular complexity index is 688. The Kier molecular flexibility index (Phi) is 5.58. The van der Waals surface area contributed by atoms with Gasteiger partial charge in [-0.1, -0.05) is 6.07 Å². The van der Waals surface area contributed by atoms with Crippen molar-refractivity contribution in [3.8, 4) is 11.5 Å². The second-order valence-electron chi connectivity index (χ2n) is 4.28. The van der Waals surface area contributed by atoms with Crippen LogP contribution < -0.4 is 4.74 Å². The minimum atomic E-state index is -3.15. The fourth-order valence-electron chi connectivity index (χ4n) is 1.82. The maximum Gasteiger partial charge on any atom is 0.365 e. The van der Waals surface area contributed by atoms with Crippen molar-refractivity contribution in [3.63, 3.8) is 0 Å². The number of ether oxygens (including phenoxy) is 1. The van der Waals surface area contributed by atoms with Crippen molar-refractivity contribution in [3.05, 3.63) is 53.9 Å².